The van der Waals surface area contributed by atoms with Crippen molar-refractivity contribution in [3.05, 3.63) is 111 Å². The topological polar surface area (TPSA) is 109 Å². The molecule has 2 N–H and O–H groups in total. The van der Waals surface area contributed by atoms with E-state index in [4.69, 9.17) is 18.8 Å². The average molecular weight is 578 g/mol. The highest BCUT2D eigenvalue weighted by Crippen LogP contribution is 2.35. The van der Waals surface area contributed by atoms with Gasteiger partial charge in [0.2, 0.25) is 5.88 Å². The fourth-order valence-electron chi connectivity index (χ4n) is 4.88. The Morgan fingerprint density at radius 1 is 1.02 bits per heavy atom. The molecule has 42 heavy (non-hydrogen) atoms. The van der Waals surface area contributed by atoms with Crippen molar-refractivity contribution in [3.8, 4) is 11.3 Å². The third-order valence-electron chi connectivity index (χ3n) is 6.85. The number of hydrogen-bond donors (Lipinski definition) is 2. The monoisotopic (exact) mass is 577 g/mol. The molecule has 0 radical (unpaired) electrons. The molecule has 0 aliphatic carbocycles. The van der Waals surface area contributed by atoms with Gasteiger partial charge in [-0.15, -0.1) is 0 Å². The lowest BCUT2D eigenvalue weighted by Crippen LogP contribution is -2.21. The molecular formula is C31H26F3N3O5. The van der Waals surface area contributed by atoms with Crippen molar-refractivity contribution in [1.29, 1.82) is 0 Å². The third kappa shape index (κ3) is 5.99. The number of para-hydroxylation sites is 1. The average Bonchev–Trinajstić information content (AvgIpc) is 3.64. The summed E-state index contributed by atoms with van der Waals surface area (Å²) in [5, 5.41) is 15.2. The fraction of sp³-hybridized carbons (Fsp3) is 0.194. The standard InChI is InChI=1S/C29H25N3O3.C2HF3O2/c1-18-13-23(19(2)31-25-10-6-5-9-22(25)27-11-12-30-35-27)29-24(14-18)26(33)15-28(34-29)32-16-20-7-3-4-8-21(20)17-32;3-2(4,5)1(6)7/h3-15,19,31H,16-17H2,1-2H3;(H,6,7). The molecule has 3 heterocycles. The highest BCUT2D eigenvalue weighted by molar-refractivity contribution is 5.83. The van der Waals surface area contributed by atoms with Crippen LogP contribution in [0.1, 0.15) is 35.2 Å². The van der Waals surface area contributed by atoms with Gasteiger partial charge in [-0.2, -0.15) is 13.2 Å². The Hall–Kier alpha value is -5.06. The van der Waals surface area contributed by atoms with E-state index >= 15 is 0 Å². The maximum atomic E-state index is 13.2. The number of aliphatic carboxylic acids is 1. The second-order valence-electron chi connectivity index (χ2n) is 9.90. The third-order valence-corrected chi connectivity index (χ3v) is 6.85. The number of aryl methyl sites for hydroxylation is 1. The quantitative estimate of drug-likeness (QED) is 0.228. The van der Waals surface area contributed by atoms with Crippen molar-refractivity contribution in [1.82, 2.24) is 5.16 Å². The highest BCUT2D eigenvalue weighted by atomic mass is 19.4. The first-order valence-corrected chi connectivity index (χ1v) is 13.0. The van der Waals surface area contributed by atoms with E-state index < -0.39 is 12.1 Å². The summed E-state index contributed by atoms with van der Waals surface area (Å²) in [4.78, 5) is 24.2. The van der Waals surface area contributed by atoms with E-state index in [9.17, 15) is 18.0 Å². The molecule has 0 saturated carbocycles. The molecule has 0 spiro atoms. The van der Waals surface area contributed by atoms with Gasteiger partial charge in [0.05, 0.1) is 17.6 Å². The number of hydrogen-bond acceptors (Lipinski definition) is 7. The van der Waals surface area contributed by atoms with Gasteiger partial charge in [-0.05, 0) is 48.7 Å². The van der Waals surface area contributed by atoms with Gasteiger partial charge >= 0.3 is 12.1 Å². The van der Waals surface area contributed by atoms with Gasteiger partial charge in [0.15, 0.2) is 11.2 Å². The molecule has 5 aromatic rings. The molecule has 0 saturated heterocycles. The number of nitrogens with zero attached hydrogens (tertiary/aromatic N) is 2. The Labute approximate surface area is 238 Å². The van der Waals surface area contributed by atoms with E-state index in [1.54, 1.807) is 12.3 Å². The van der Waals surface area contributed by atoms with Crippen LogP contribution in [0.15, 0.2) is 92.7 Å². The van der Waals surface area contributed by atoms with Crippen molar-refractivity contribution >= 4 is 28.5 Å². The van der Waals surface area contributed by atoms with Crippen LogP contribution in [0, 0.1) is 6.92 Å². The lowest BCUT2D eigenvalue weighted by atomic mass is 10.0. The zero-order chi connectivity index (χ0) is 30.0. The normalized spacial score (nSPS) is 13.3. The Balaban J connectivity index is 0.000000451. The minimum Gasteiger partial charge on any atom is -0.475 e. The molecule has 8 nitrogen and oxygen atoms in total. The summed E-state index contributed by atoms with van der Waals surface area (Å²) < 4.78 is 43.6. The summed E-state index contributed by atoms with van der Waals surface area (Å²) in [5.74, 6) is -1.47. The zero-order valence-corrected chi connectivity index (χ0v) is 22.6. The molecule has 1 atom stereocenters. The molecule has 0 bridgehead atoms. The Morgan fingerprint density at radius 2 is 1.67 bits per heavy atom. The van der Waals surface area contributed by atoms with Crippen LogP contribution in [0.2, 0.25) is 0 Å². The Morgan fingerprint density at radius 3 is 2.29 bits per heavy atom. The number of carbonyl (C=O) groups is 1. The molecule has 0 fully saturated rings. The number of rotatable bonds is 5. The summed E-state index contributed by atoms with van der Waals surface area (Å²) >= 11 is 0. The Kier molecular flexibility index (Phi) is 7.75. The minimum atomic E-state index is -5.08. The summed E-state index contributed by atoms with van der Waals surface area (Å²) in [6, 6.07) is 23.6. The van der Waals surface area contributed by atoms with Crippen molar-refractivity contribution < 1.29 is 32.0 Å². The van der Waals surface area contributed by atoms with Crippen molar-refractivity contribution in [2.24, 2.45) is 0 Å². The van der Waals surface area contributed by atoms with Crippen LogP contribution in [0.25, 0.3) is 22.3 Å². The molecule has 216 valence electrons. The molecule has 2 aromatic heterocycles. The molecular weight excluding hydrogens is 551 g/mol. The van der Waals surface area contributed by atoms with E-state index in [2.05, 4.69) is 40.5 Å². The number of nitrogens with one attached hydrogen (secondary N) is 1. The van der Waals surface area contributed by atoms with Gasteiger partial charge in [0.25, 0.3) is 0 Å². The number of anilines is 2. The first-order chi connectivity index (χ1) is 20.0. The minimum absolute atomic E-state index is 0.0311. The van der Waals surface area contributed by atoms with Crippen LogP contribution in [0.5, 0.6) is 0 Å². The largest absolute Gasteiger partial charge is 0.490 e. The molecule has 1 unspecified atom stereocenters. The van der Waals surface area contributed by atoms with Crippen molar-refractivity contribution in [2.45, 2.75) is 39.2 Å². The van der Waals surface area contributed by atoms with Crippen molar-refractivity contribution in [3.63, 3.8) is 0 Å². The van der Waals surface area contributed by atoms with Gasteiger partial charge in [0.1, 0.15) is 5.58 Å². The van der Waals surface area contributed by atoms with Crippen LogP contribution in [0.3, 0.4) is 0 Å². The first-order valence-electron chi connectivity index (χ1n) is 13.0. The highest BCUT2D eigenvalue weighted by Gasteiger charge is 2.38. The van der Waals surface area contributed by atoms with E-state index in [0.717, 1.165) is 35.5 Å². The van der Waals surface area contributed by atoms with Gasteiger partial charge in [-0.3, -0.25) is 4.79 Å². The van der Waals surface area contributed by atoms with Crippen LogP contribution < -0.4 is 15.6 Å². The molecule has 1 aliphatic rings. The van der Waals surface area contributed by atoms with Crippen LogP contribution in [0.4, 0.5) is 24.7 Å². The molecule has 1 aliphatic heterocycles. The number of carboxylic acid groups (broad SMARTS) is 1. The molecule has 3 aromatic carbocycles. The van der Waals surface area contributed by atoms with Gasteiger partial charge in [0, 0.05) is 42.0 Å². The summed E-state index contributed by atoms with van der Waals surface area (Å²) in [6.45, 7) is 5.53. The van der Waals surface area contributed by atoms with E-state index in [1.807, 2.05) is 55.5 Å². The second-order valence-corrected chi connectivity index (χ2v) is 9.90. The van der Waals surface area contributed by atoms with Gasteiger partial charge < -0.3 is 24.3 Å². The summed E-state index contributed by atoms with van der Waals surface area (Å²) in [5.41, 5.74) is 6.89. The number of halogens is 3. The van der Waals surface area contributed by atoms with E-state index in [0.29, 0.717) is 22.6 Å². The molecule has 0 amide bonds. The predicted molar refractivity (Wildman–Crippen MR) is 151 cm³/mol. The molecule has 11 heteroatoms. The smallest absolute Gasteiger partial charge is 0.475 e. The van der Waals surface area contributed by atoms with Crippen LogP contribution in [-0.2, 0) is 17.9 Å². The van der Waals surface area contributed by atoms with Crippen LogP contribution >= 0.6 is 0 Å². The van der Waals surface area contributed by atoms with Gasteiger partial charge in [-0.25, -0.2) is 4.79 Å². The number of aromatic nitrogens is 1. The fourth-order valence-corrected chi connectivity index (χ4v) is 4.88. The van der Waals surface area contributed by atoms with Crippen molar-refractivity contribution in [2.75, 3.05) is 10.2 Å². The van der Waals surface area contributed by atoms with Crippen LogP contribution in [-0.4, -0.2) is 22.4 Å². The zero-order valence-electron chi connectivity index (χ0n) is 22.6. The maximum absolute atomic E-state index is 13.2. The first kappa shape index (κ1) is 28.5. The van der Waals surface area contributed by atoms with E-state index in [-0.39, 0.29) is 11.5 Å². The van der Waals surface area contributed by atoms with E-state index in [1.165, 1.54) is 11.1 Å². The number of carboxylic acids is 1. The predicted octanol–water partition coefficient (Wildman–Crippen LogP) is 7.08. The Bertz CT molecular complexity index is 1770. The number of benzene rings is 3. The SMILES string of the molecule is Cc1cc(C(C)Nc2ccccc2-c2ccno2)c2oc(N3Cc4ccccc4C3)cc(=O)c2c1.O=C(O)C(F)(F)F. The summed E-state index contributed by atoms with van der Waals surface area (Å²) in [6.07, 6.45) is -3.45. The summed E-state index contributed by atoms with van der Waals surface area (Å²) in [7, 11) is 0. The lowest BCUT2D eigenvalue weighted by Gasteiger charge is -2.21. The molecule has 6 rings (SSSR count). The second kappa shape index (κ2) is 11.4. The maximum Gasteiger partial charge on any atom is 0.490 e. The number of fused-ring (bicyclic) bond motifs is 2. The lowest BCUT2D eigenvalue weighted by molar-refractivity contribution is -0.192. The number of alkyl halides is 3. The van der Waals surface area contributed by atoms with Gasteiger partial charge in [-0.1, -0.05) is 47.6 Å².